The number of rotatable bonds is 4. The highest BCUT2D eigenvalue weighted by atomic mass is 16.6. The van der Waals surface area contributed by atoms with Crippen molar-refractivity contribution in [3.63, 3.8) is 0 Å². The Balaban J connectivity index is 2.26. The van der Waals surface area contributed by atoms with Crippen molar-refractivity contribution in [3.05, 3.63) is 0 Å². The van der Waals surface area contributed by atoms with Crippen molar-refractivity contribution in [1.82, 2.24) is 0 Å². The first kappa shape index (κ1) is 12.5. The average molecular weight is 216 g/mol. The number of esters is 1. The van der Waals surface area contributed by atoms with E-state index in [1.807, 2.05) is 6.92 Å². The second-order valence-corrected chi connectivity index (χ2v) is 4.20. The Labute approximate surface area is 90.6 Å². The van der Waals surface area contributed by atoms with Gasteiger partial charge in [-0.1, -0.05) is 0 Å². The van der Waals surface area contributed by atoms with Crippen LogP contribution in [0.2, 0.25) is 0 Å². The Kier molecular flexibility index (Phi) is 4.54. The molecular weight excluding hydrogens is 196 g/mol. The van der Waals surface area contributed by atoms with Crippen LogP contribution in [0.3, 0.4) is 0 Å². The molecule has 0 bridgehead atoms. The maximum absolute atomic E-state index is 10.9. The molecule has 0 amide bonds. The number of hydrogen-bond donors (Lipinski definition) is 1. The van der Waals surface area contributed by atoms with Gasteiger partial charge in [0.15, 0.2) is 5.79 Å². The molecule has 0 aromatic rings. The molecule has 2 unspecified atom stereocenters. The van der Waals surface area contributed by atoms with Crippen molar-refractivity contribution in [1.29, 1.82) is 0 Å². The molecule has 0 aromatic carbocycles. The summed E-state index contributed by atoms with van der Waals surface area (Å²) in [5, 5.41) is 10.1. The van der Waals surface area contributed by atoms with Crippen LogP contribution in [0.15, 0.2) is 0 Å². The van der Waals surface area contributed by atoms with Gasteiger partial charge in [0.25, 0.3) is 0 Å². The first-order valence-corrected chi connectivity index (χ1v) is 5.53. The number of hydrogen-bond acceptors (Lipinski definition) is 4. The van der Waals surface area contributed by atoms with E-state index in [-0.39, 0.29) is 12.1 Å². The summed E-state index contributed by atoms with van der Waals surface area (Å²) in [6, 6.07) is 0. The third-order valence-corrected chi connectivity index (χ3v) is 2.77. The minimum Gasteiger partial charge on any atom is -0.469 e. The smallest absolute Gasteiger partial charge is 0.305 e. The molecule has 1 aliphatic rings. The van der Waals surface area contributed by atoms with Gasteiger partial charge in [-0.25, -0.2) is 0 Å². The van der Waals surface area contributed by atoms with Gasteiger partial charge in [0.2, 0.25) is 0 Å². The summed E-state index contributed by atoms with van der Waals surface area (Å²) in [4.78, 5) is 10.9. The lowest BCUT2D eigenvalue weighted by molar-refractivity contribution is -0.253. The van der Waals surface area contributed by atoms with Gasteiger partial charge in [-0.05, 0) is 26.2 Å². The number of aliphatic hydroxyl groups is 1. The molecule has 1 heterocycles. The van der Waals surface area contributed by atoms with Crippen LogP contribution >= 0.6 is 0 Å². The minimum absolute atomic E-state index is 0.113. The third kappa shape index (κ3) is 4.18. The molecule has 1 aliphatic heterocycles. The monoisotopic (exact) mass is 216 g/mol. The molecule has 0 radical (unpaired) electrons. The van der Waals surface area contributed by atoms with E-state index in [9.17, 15) is 9.90 Å². The molecule has 0 aromatic heterocycles. The molecule has 1 rings (SSSR count). The molecule has 1 saturated heterocycles. The van der Waals surface area contributed by atoms with Crippen molar-refractivity contribution in [3.8, 4) is 0 Å². The van der Waals surface area contributed by atoms with E-state index >= 15 is 0 Å². The summed E-state index contributed by atoms with van der Waals surface area (Å²) >= 11 is 0. The molecule has 4 heteroatoms. The Bertz CT molecular complexity index is 217. The number of carbonyl (C=O) groups excluding carboxylic acids is 1. The molecule has 0 aliphatic carbocycles. The zero-order valence-electron chi connectivity index (χ0n) is 9.49. The first-order chi connectivity index (χ1) is 7.06. The van der Waals surface area contributed by atoms with Gasteiger partial charge in [-0.3, -0.25) is 4.79 Å². The van der Waals surface area contributed by atoms with Gasteiger partial charge in [0.1, 0.15) is 0 Å². The van der Waals surface area contributed by atoms with E-state index in [4.69, 9.17) is 4.74 Å². The molecule has 0 spiro atoms. The van der Waals surface area contributed by atoms with Crippen LogP contribution in [-0.4, -0.2) is 30.1 Å². The van der Waals surface area contributed by atoms with Crippen molar-refractivity contribution in [2.75, 3.05) is 7.11 Å². The predicted octanol–water partition coefficient (Wildman–Crippen LogP) is 1.61. The summed E-state index contributed by atoms with van der Waals surface area (Å²) in [5.41, 5.74) is 0. The Hall–Kier alpha value is -0.610. The van der Waals surface area contributed by atoms with Crippen molar-refractivity contribution >= 4 is 5.97 Å². The van der Waals surface area contributed by atoms with Crippen LogP contribution in [0.4, 0.5) is 0 Å². The Morgan fingerprint density at radius 1 is 1.67 bits per heavy atom. The van der Waals surface area contributed by atoms with Crippen LogP contribution in [0, 0.1) is 0 Å². The normalized spacial score (nSPS) is 31.3. The summed E-state index contributed by atoms with van der Waals surface area (Å²) in [5.74, 6) is -1.26. The van der Waals surface area contributed by atoms with Gasteiger partial charge in [-0.2, -0.15) is 0 Å². The average Bonchev–Trinajstić information content (AvgIpc) is 2.16. The highest BCUT2D eigenvalue weighted by Crippen LogP contribution is 2.30. The van der Waals surface area contributed by atoms with E-state index in [1.165, 1.54) is 7.11 Å². The lowest BCUT2D eigenvalue weighted by atomic mass is 9.97. The highest BCUT2D eigenvalue weighted by Gasteiger charge is 2.32. The summed E-state index contributed by atoms with van der Waals surface area (Å²) < 4.78 is 10.0. The van der Waals surface area contributed by atoms with Crippen LogP contribution in [0.25, 0.3) is 0 Å². The number of ether oxygens (including phenoxy) is 2. The molecular formula is C11H20O4. The summed E-state index contributed by atoms with van der Waals surface area (Å²) in [6.45, 7) is 1.96. The summed E-state index contributed by atoms with van der Waals surface area (Å²) in [7, 11) is 1.37. The summed E-state index contributed by atoms with van der Waals surface area (Å²) in [6.07, 6.45) is 4.22. The van der Waals surface area contributed by atoms with E-state index in [0.29, 0.717) is 25.7 Å². The molecule has 1 fully saturated rings. The zero-order valence-corrected chi connectivity index (χ0v) is 9.49. The standard InChI is InChI=1S/C11H20O4/c1-9-5-3-7-11(13,15-9)8-4-6-10(12)14-2/h9,13H,3-8H2,1-2H3. The number of methoxy groups -OCH3 is 1. The predicted molar refractivity (Wildman–Crippen MR) is 55.2 cm³/mol. The van der Waals surface area contributed by atoms with Crippen molar-refractivity contribution in [2.45, 2.75) is 57.3 Å². The topological polar surface area (TPSA) is 55.8 Å². The van der Waals surface area contributed by atoms with Crippen LogP contribution in [-0.2, 0) is 14.3 Å². The molecule has 4 nitrogen and oxygen atoms in total. The lowest BCUT2D eigenvalue weighted by Gasteiger charge is -2.35. The van der Waals surface area contributed by atoms with Gasteiger partial charge < -0.3 is 14.6 Å². The molecule has 88 valence electrons. The largest absolute Gasteiger partial charge is 0.469 e. The Morgan fingerprint density at radius 2 is 2.40 bits per heavy atom. The van der Waals surface area contributed by atoms with E-state index < -0.39 is 5.79 Å². The molecule has 2 atom stereocenters. The lowest BCUT2D eigenvalue weighted by Crippen LogP contribution is -2.39. The van der Waals surface area contributed by atoms with Crippen molar-refractivity contribution in [2.24, 2.45) is 0 Å². The van der Waals surface area contributed by atoms with Crippen LogP contribution in [0.1, 0.15) is 45.4 Å². The quantitative estimate of drug-likeness (QED) is 0.725. The van der Waals surface area contributed by atoms with Gasteiger partial charge in [0, 0.05) is 19.3 Å². The fourth-order valence-corrected chi connectivity index (χ4v) is 1.95. The van der Waals surface area contributed by atoms with E-state index in [2.05, 4.69) is 4.74 Å². The molecule has 15 heavy (non-hydrogen) atoms. The molecule has 1 N–H and O–H groups in total. The van der Waals surface area contributed by atoms with E-state index in [1.54, 1.807) is 0 Å². The van der Waals surface area contributed by atoms with Gasteiger partial charge in [0.05, 0.1) is 13.2 Å². The van der Waals surface area contributed by atoms with Crippen LogP contribution < -0.4 is 0 Å². The first-order valence-electron chi connectivity index (χ1n) is 5.53. The Morgan fingerprint density at radius 3 is 3.00 bits per heavy atom. The van der Waals surface area contributed by atoms with Gasteiger partial charge in [-0.15, -0.1) is 0 Å². The third-order valence-electron chi connectivity index (χ3n) is 2.77. The van der Waals surface area contributed by atoms with Gasteiger partial charge >= 0.3 is 5.97 Å². The second kappa shape index (κ2) is 5.47. The minimum atomic E-state index is -1.02. The fourth-order valence-electron chi connectivity index (χ4n) is 1.95. The SMILES string of the molecule is COC(=O)CCCC1(O)CCCC(C)O1. The fraction of sp³-hybridized carbons (Fsp3) is 0.909. The second-order valence-electron chi connectivity index (χ2n) is 4.20. The maximum atomic E-state index is 10.9. The zero-order chi connectivity index (χ0) is 11.3. The van der Waals surface area contributed by atoms with E-state index in [0.717, 1.165) is 12.8 Å². The van der Waals surface area contributed by atoms with Crippen molar-refractivity contribution < 1.29 is 19.4 Å². The van der Waals surface area contributed by atoms with Crippen LogP contribution in [0.5, 0.6) is 0 Å². The highest BCUT2D eigenvalue weighted by molar-refractivity contribution is 5.68. The number of carbonyl (C=O) groups is 1. The molecule has 0 saturated carbocycles. The maximum Gasteiger partial charge on any atom is 0.305 e.